The summed E-state index contributed by atoms with van der Waals surface area (Å²) in [5.74, 6) is 1.36. The van der Waals surface area contributed by atoms with Gasteiger partial charge in [0.15, 0.2) is 11.7 Å². The lowest BCUT2D eigenvalue weighted by Crippen LogP contribution is -2.25. The topological polar surface area (TPSA) is 55.1 Å². The maximum absolute atomic E-state index is 11.9. The van der Waals surface area contributed by atoms with Gasteiger partial charge in [0, 0.05) is 29.8 Å². The van der Waals surface area contributed by atoms with Crippen molar-refractivity contribution >= 4 is 17.2 Å². The number of carbonyl (C=O) groups excluding carboxylic acids is 1. The summed E-state index contributed by atoms with van der Waals surface area (Å²) in [4.78, 5) is 17.4. The fraction of sp³-hybridized carbons (Fsp3) is 0.263. The molecule has 1 amide bonds. The van der Waals surface area contributed by atoms with Crippen molar-refractivity contribution in [2.45, 2.75) is 26.2 Å². The number of aryl methyl sites for hydroxylation is 2. The first-order valence-corrected chi connectivity index (χ1v) is 8.89. The number of rotatable bonds is 7. The number of aromatic nitrogens is 1. The molecule has 0 saturated heterocycles. The van der Waals surface area contributed by atoms with Gasteiger partial charge >= 0.3 is 0 Å². The van der Waals surface area contributed by atoms with Gasteiger partial charge in [-0.1, -0.05) is 35.9 Å². The van der Waals surface area contributed by atoms with E-state index in [0.29, 0.717) is 25.3 Å². The Bertz CT molecular complexity index is 776. The molecule has 3 aromatic rings. The average molecular weight is 340 g/mol. The largest absolute Gasteiger partial charge is 0.441 e. The minimum absolute atomic E-state index is 0.0293. The monoisotopic (exact) mass is 340 g/mol. The van der Waals surface area contributed by atoms with Gasteiger partial charge in [0.25, 0.3) is 0 Å². The van der Waals surface area contributed by atoms with E-state index < -0.39 is 0 Å². The highest BCUT2D eigenvalue weighted by molar-refractivity contribution is 7.09. The van der Waals surface area contributed by atoms with Crippen LogP contribution in [0, 0.1) is 6.92 Å². The molecular weight excluding hydrogens is 320 g/mol. The van der Waals surface area contributed by atoms with Crippen LogP contribution in [0.25, 0.3) is 11.3 Å². The highest BCUT2D eigenvalue weighted by Crippen LogP contribution is 2.21. The Balaban J connectivity index is 1.44. The lowest BCUT2D eigenvalue weighted by atomic mass is 10.1. The highest BCUT2D eigenvalue weighted by Gasteiger charge is 2.09. The third-order valence-corrected chi connectivity index (χ3v) is 4.67. The summed E-state index contributed by atoms with van der Waals surface area (Å²) in [6.07, 6.45) is 3.49. The Hall–Kier alpha value is -2.40. The van der Waals surface area contributed by atoms with E-state index in [1.807, 2.05) is 42.6 Å². The molecule has 0 bridgehead atoms. The van der Waals surface area contributed by atoms with Crippen molar-refractivity contribution in [3.05, 3.63) is 64.3 Å². The SMILES string of the molecule is Cc1ccc(-c2cnc(CCC(=O)NCCc3cccs3)o2)cc1. The van der Waals surface area contributed by atoms with Crippen molar-refractivity contribution in [3.8, 4) is 11.3 Å². The first kappa shape index (κ1) is 16.5. The molecule has 0 aliphatic heterocycles. The third-order valence-electron chi connectivity index (χ3n) is 3.73. The quantitative estimate of drug-likeness (QED) is 0.707. The highest BCUT2D eigenvalue weighted by atomic mass is 32.1. The van der Waals surface area contributed by atoms with E-state index in [4.69, 9.17) is 4.42 Å². The molecule has 0 fully saturated rings. The van der Waals surface area contributed by atoms with E-state index in [9.17, 15) is 4.79 Å². The van der Waals surface area contributed by atoms with E-state index in [1.165, 1.54) is 10.4 Å². The summed E-state index contributed by atoms with van der Waals surface area (Å²) in [5.41, 5.74) is 2.21. The fourth-order valence-corrected chi connectivity index (χ4v) is 3.07. The fourth-order valence-electron chi connectivity index (χ4n) is 2.37. The zero-order valence-corrected chi connectivity index (χ0v) is 14.4. The molecule has 4 nitrogen and oxygen atoms in total. The van der Waals surface area contributed by atoms with E-state index in [1.54, 1.807) is 17.5 Å². The molecule has 0 atom stereocenters. The van der Waals surface area contributed by atoms with Gasteiger partial charge in [-0.15, -0.1) is 11.3 Å². The number of oxazole rings is 1. The smallest absolute Gasteiger partial charge is 0.220 e. The molecule has 0 spiro atoms. The Morgan fingerprint density at radius 2 is 2.04 bits per heavy atom. The first-order chi connectivity index (χ1) is 11.7. The maximum atomic E-state index is 11.9. The zero-order chi connectivity index (χ0) is 16.8. The number of carbonyl (C=O) groups is 1. The van der Waals surface area contributed by atoms with E-state index in [0.717, 1.165) is 17.7 Å². The molecule has 5 heteroatoms. The van der Waals surface area contributed by atoms with Crippen molar-refractivity contribution in [2.24, 2.45) is 0 Å². The molecule has 2 heterocycles. The average Bonchev–Trinajstić information content (AvgIpc) is 3.25. The van der Waals surface area contributed by atoms with Crippen LogP contribution in [0.4, 0.5) is 0 Å². The van der Waals surface area contributed by atoms with Gasteiger partial charge in [0.2, 0.25) is 5.91 Å². The zero-order valence-electron chi connectivity index (χ0n) is 13.6. The predicted octanol–water partition coefficient (Wildman–Crippen LogP) is 4.00. The van der Waals surface area contributed by atoms with Crippen LogP contribution in [-0.2, 0) is 17.6 Å². The molecule has 0 radical (unpaired) electrons. The molecule has 0 aliphatic carbocycles. The summed E-state index contributed by atoms with van der Waals surface area (Å²) in [6.45, 7) is 2.71. The molecule has 0 saturated carbocycles. The van der Waals surface area contributed by atoms with Crippen molar-refractivity contribution in [3.63, 3.8) is 0 Å². The summed E-state index contributed by atoms with van der Waals surface area (Å²) in [6, 6.07) is 12.2. The van der Waals surface area contributed by atoms with E-state index in [2.05, 4.69) is 16.4 Å². The molecule has 0 aliphatic rings. The van der Waals surface area contributed by atoms with Crippen LogP contribution in [0.2, 0.25) is 0 Å². The van der Waals surface area contributed by atoms with Crippen LogP contribution in [0.3, 0.4) is 0 Å². The van der Waals surface area contributed by atoms with Crippen LogP contribution >= 0.6 is 11.3 Å². The number of thiophene rings is 1. The minimum Gasteiger partial charge on any atom is -0.441 e. The maximum Gasteiger partial charge on any atom is 0.220 e. The second-order valence-corrected chi connectivity index (χ2v) is 6.70. The van der Waals surface area contributed by atoms with Crippen molar-refractivity contribution in [2.75, 3.05) is 6.54 Å². The van der Waals surface area contributed by atoms with Gasteiger partial charge < -0.3 is 9.73 Å². The Labute approximate surface area is 145 Å². The van der Waals surface area contributed by atoms with E-state index >= 15 is 0 Å². The van der Waals surface area contributed by atoms with Gasteiger partial charge in [-0.25, -0.2) is 4.98 Å². The van der Waals surface area contributed by atoms with Crippen molar-refractivity contribution in [1.82, 2.24) is 10.3 Å². The number of hydrogen-bond acceptors (Lipinski definition) is 4. The number of nitrogens with one attached hydrogen (secondary N) is 1. The summed E-state index contributed by atoms with van der Waals surface area (Å²) < 4.78 is 5.73. The van der Waals surface area contributed by atoms with Crippen LogP contribution in [0.15, 0.2) is 52.4 Å². The first-order valence-electron chi connectivity index (χ1n) is 8.01. The molecule has 2 aromatic heterocycles. The number of hydrogen-bond donors (Lipinski definition) is 1. The van der Waals surface area contributed by atoms with Crippen molar-refractivity contribution < 1.29 is 9.21 Å². The summed E-state index contributed by atoms with van der Waals surface area (Å²) >= 11 is 1.71. The van der Waals surface area contributed by atoms with Gasteiger partial charge in [-0.3, -0.25) is 4.79 Å². The summed E-state index contributed by atoms with van der Waals surface area (Å²) in [7, 11) is 0. The molecule has 1 aromatic carbocycles. The van der Waals surface area contributed by atoms with Gasteiger partial charge in [0.1, 0.15) is 0 Å². The molecule has 124 valence electrons. The molecule has 0 unspecified atom stereocenters. The summed E-state index contributed by atoms with van der Waals surface area (Å²) in [5, 5.41) is 4.98. The molecule has 24 heavy (non-hydrogen) atoms. The number of nitrogens with zero attached hydrogens (tertiary/aromatic N) is 1. The van der Waals surface area contributed by atoms with Crippen LogP contribution in [0.5, 0.6) is 0 Å². The van der Waals surface area contributed by atoms with Crippen LogP contribution in [-0.4, -0.2) is 17.4 Å². The molecule has 1 N–H and O–H groups in total. The standard InChI is InChI=1S/C19H20N2O2S/c1-14-4-6-15(7-5-14)17-13-21-19(23-17)9-8-18(22)20-11-10-16-3-2-12-24-16/h2-7,12-13H,8-11H2,1H3,(H,20,22). The van der Waals surface area contributed by atoms with Crippen LogP contribution < -0.4 is 5.32 Å². The normalized spacial score (nSPS) is 10.7. The molecular formula is C19H20N2O2S. The van der Waals surface area contributed by atoms with Gasteiger partial charge in [-0.2, -0.15) is 0 Å². The predicted molar refractivity (Wildman–Crippen MR) is 96.0 cm³/mol. The lowest BCUT2D eigenvalue weighted by molar-refractivity contribution is -0.121. The minimum atomic E-state index is 0.0293. The number of benzene rings is 1. The Kier molecular flexibility index (Phi) is 5.43. The number of amides is 1. The van der Waals surface area contributed by atoms with Crippen molar-refractivity contribution in [1.29, 1.82) is 0 Å². The third kappa shape index (κ3) is 4.55. The molecule has 3 rings (SSSR count). The van der Waals surface area contributed by atoms with Gasteiger partial charge in [-0.05, 0) is 24.8 Å². The second kappa shape index (κ2) is 7.93. The van der Waals surface area contributed by atoms with Gasteiger partial charge in [0.05, 0.1) is 6.20 Å². The van der Waals surface area contributed by atoms with E-state index in [-0.39, 0.29) is 5.91 Å². The Morgan fingerprint density at radius 1 is 1.21 bits per heavy atom. The van der Waals surface area contributed by atoms with Crippen LogP contribution in [0.1, 0.15) is 22.8 Å². The Morgan fingerprint density at radius 3 is 2.79 bits per heavy atom. The lowest BCUT2D eigenvalue weighted by Gasteiger charge is -2.03. The second-order valence-electron chi connectivity index (χ2n) is 5.66.